The number of pyridine rings is 1. The van der Waals surface area contributed by atoms with Crippen molar-refractivity contribution in [1.82, 2.24) is 9.88 Å². The molecule has 1 spiro atoms. The average molecular weight is 460 g/mol. The Morgan fingerprint density at radius 2 is 2.07 bits per heavy atom. The summed E-state index contributed by atoms with van der Waals surface area (Å²) in [6.45, 7) is 1.71. The first kappa shape index (κ1) is 22.4. The molecule has 1 N–H and O–H groups in total. The van der Waals surface area contributed by atoms with E-state index in [1.165, 1.54) is 0 Å². The smallest absolute Gasteiger partial charge is 0.488 e. The van der Waals surface area contributed by atoms with Gasteiger partial charge in [-0.25, -0.2) is 4.79 Å². The van der Waals surface area contributed by atoms with Gasteiger partial charge in [0, 0.05) is 31.5 Å². The molecule has 1 unspecified atom stereocenters. The highest BCUT2D eigenvalue weighted by atomic mass is 32.2. The SMILES string of the molecule is O=C(Cc1ccsc1)N1CC2(CC(Oc3cccnc3)CS2)C1.O=C(O)C(F)(F)F. The molecular formula is C19H19F3N2O4S2. The van der Waals surface area contributed by atoms with E-state index in [0.717, 1.165) is 36.6 Å². The van der Waals surface area contributed by atoms with E-state index >= 15 is 0 Å². The van der Waals surface area contributed by atoms with Crippen LogP contribution in [0.5, 0.6) is 5.75 Å². The van der Waals surface area contributed by atoms with Gasteiger partial charge in [0.15, 0.2) is 0 Å². The van der Waals surface area contributed by atoms with Crippen LogP contribution in [0.25, 0.3) is 0 Å². The molecule has 0 saturated carbocycles. The number of aromatic nitrogens is 1. The average Bonchev–Trinajstić information content (AvgIpc) is 3.31. The van der Waals surface area contributed by atoms with Crippen LogP contribution in [0.1, 0.15) is 12.0 Å². The molecule has 0 aromatic carbocycles. The predicted octanol–water partition coefficient (Wildman–Crippen LogP) is 3.48. The van der Waals surface area contributed by atoms with Crippen LogP contribution in [0.2, 0.25) is 0 Å². The highest BCUT2D eigenvalue weighted by molar-refractivity contribution is 8.01. The molecule has 1 atom stereocenters. The molecule has 6 nitrogen and oxygen atoms in total. The molecule has 2 aliphatic rings. The number of thioether (sulfide) groups is 1. The number of carbonyl (C=O) groups excluding carboxylic acids is 1. The van der Waals surface area contributed by atoms with E-state index < -0.39 is 12.1 Å². The Morgan fingerprint density at radius 1 is 1.33 bits per heavy atom. The van der Waals surface area contributed by atoms with Gasteiger partial charge >= 0.3 is 12.1 Å². The summed E-state index contributed by atoms with van der Waals surface area (Å²) in [4.78, 5) is 27.3. The Morgan fingerprint density at radius 3 is 2.63 bits per heavy atom. The Balaban J connectivity index is 0.000000318. The third kappa shape index (κ3) is 5.88. The van der Waals surface area contributed by atoms with Crippen LogP contribution in [0.3, 0.4) is 0 Å². The molecular weight excluding hydrogens is 441 g/mol. The minimum atomic E-state index is -5.08. The van der Waals surface area contributed by atoms with Crippen molar-refractivity contribution in [1.29, 1.82) is 0 Å². The quantitative estimate of drug-likeness (QED) is 0.753. The number of amides is 1. The van der Waals surface area contributed by atoms with Crippen molar-refractivity contribution in [2.75, 3.05) is 18.8 Å². The molecule has 4 rings (SSSR count). The number of hydrogen-bond donors (Lipinski definition) is 1. The third-order valence-corrected chi connectivity index (χ3v) is 6.91. The van der Waals surface area contributed by atoms with Gasteiger partial charge < -0.3 is 14.7 Å². The van der Waals surface area contributed by atoms with Crippen molar-refractivity contribution in [3.05, 3.63) is 46.9 Å². The highest BCUT2D eigenvalue weighted by Crippen LogP contribution is 2.46. The second-order valence-corrected chi connectivity index (χ2v) is 9.26. The topological polar surface area (TPSA) is 79.7 Å². The molecule has 4 heterocycles. The molecule has 0 radical (unpaired) electrons. The maximum Gasteiger partial charge on any atom is 0.490 e. The van der Waals surface area contributed by atoms with Gasteiger partial charge in [-0.15, -0.1) is 11.8 Å². The molecule has 2 aromatic rings. The Labute approximate surface area is 179 Å². The van der Waals surface area contributed by atoms with Gasteiger partial charge in [-0.05, 0) is 34.5 Å². The minimum Gasteiger partial charge on any atom is -0.488 e. The number of rotatable bonds is 4. The first-order valence-electron chi connectivity index (χ1n) is 8.96. The number of hydrogen-bond acceptors (Lipinski definition) is 6. The second-order valence-electron chi connectivity index (χ2n) is 6.99. The van der Waals surface area contributed by atoms with E-state index in [9.17, 15) is 18.0 Å². The van der Waals surface area contributed by atoms with Gasteiger partial charge in [0.1, 0.15) is 11.9 Å². The van der Waals surface area contributed by atoms with Crippen molar-refractivity contribution in [2.24, 2.45) is 0 Å². The first-order valence-corrected chi connectivity index (χ1v) is 10.9. The van der Waals surface area contributed by atoms with Gasteiger partial charge in [-0.1, -0.05) is 0 Å². The number of carboxylic acid groups (broad SMARTS) is 1. The lowest BCUT2D eigenvalue weighted by molar-refractivity contribution is -0.192. The number of carboxylic acids is 1. The minimum absolute atomic E-state index is 0.206. The third-order valence-electron chi connectivity index (χ3n) is 4.60. The second kappa shape index (κ2) is 9.25. The van der Waals surface area contributed by atoms with Crippen LogP contribution >= 0.6 is 23.1 Å². The molecule has 2 aromatic heterocycles. The zero-order valence-corrected chi connectivity index (χ0v) is 17.3. The summed E-state index contributed by atoms with van der Waals surface area (Å²) in [7, 11) is 0. The number of ether oxygens (including phenoxy) is 1. The lowest BCUT2D eigenvalue weighted by Crippen LogP contribution is -2.61. The van der Waals surface area contributed by atoms with Crippen molar-refractivity contribution >= 4 is 35.0 Å². The molecule has 1 amide bonds. The molecule has 2 fully saturated rings. The number of thiophene rings is 1. The van der Waals surface area contributed by atoms with Gasteiger partial charge in [0.2, 0.25) is 5.91 Å². The highest BCUT2D eigenvalue weighted by Gasteiger charge is 2.51. The number of likely N-dealkylation sites (tertiary alicyclic amines) is 1. The number of carbonyl (C=O) groups is 2. The number of alkyl halides is 3. The van der Waals surface area contributed by atoms with Gasteiger partial charge in [-0.2, -0.15) is 24.5 Å². The van der Waals surface area contributed by atoms with E-state index in [2.05, 4.69) is 10.4 Å². The molecule has 0 bridgehead atoms. The van der Waals surface area contributed by atoms with Gasteiger partial charge in [0.05, 0.1) is 17.4 Å². The van der Waals surface area contributed by atoms with Crippen molar-refractivity contribution in [3.8, 4) is 5.75 Å². The number of nitrogens with zero attached hydrogens (tertiary/aromatic N) is 2. The summed E-state index contributed by atoms with van der Waals surface area (Å²) < 4.78 is 37.9. The van der Waals surface area contributed by atoms with Crippen molar-refractivity contribution in [2.45, 2.75) is 29.9 Å². The fraction of sp³-hybridized carbons (Fsp3) is 0.421. The Bertz CT molecular complexity index is 856. The summed E-state index contributed by atoms with van der Waals surface area (Å²) in [6.07, 6.45) is 0.181. The van der Waals surface area contributed by atoms with Crippen molar-refractivity contribution < 1.29 is 32.6 Å². The fourth-order valence-electron chi connectivity index (χ4n) is 3.21. The van der Waals surface area contributed by atoms with Crippen LogP contribution in [0.4, 0.5) is 13.2 Å². The van der Waals surface area contributed by atoms with Crippen LogP contribution in [-0.2, 0) is 16.0 Å². The zero-order chi connectivity index (χ0) is 21.8. The van der Waals surface area contributed by atoms with Gasteiger partial charge in [-0.3, -0.25) is 9.78 Å². The van der Waals surface area contributed by atoms with Gasteiger partial charge in [0.25, 0.3) is 0 Å². The van der Waals surface area contributed by atoms with Crippen LogP contribution < -0.4 is 4.74 Å². The summed E-state index contributed by atoms with van der Waals surface area (Å²) >= 11 is 3.59. The summed E-state index contributed by atoms with van der Waals surface area (Å²) in [5.74, 6) is -0.694. The lowest BCUT2D eigenvalue weighted by Gasteiger charge is -2.47. The molecule has 30 heavy (non-hydrogen) atoms. The fourth-order valence-corrected chi connectivity index (χ4v) is 5.41. The zero-order valence-electron chi connectivity index (χ0n) is 15.7. The van der Waals surface area contributed by atoms with Crippen molar-refractivity contribution in [3.63, 3.8) is 0 Å². The Kier molecular flexibility index (Phi) is 6.91. The standard InChI is InChI=1S/C17H18N2O2S2.C2HF3O2/c20-16(6-13-3-5-22-9-13)19-11-17(12-19)7-15(10-23-17)21-14-2-1-4-18-8-14;3-2(4,5)1(6)7/h1-5,8-9,15H,6-7,10-12H2;(H,6,7). The van der Waals surface area contributed by atoms with E-state index in [-0.39, 0.29) is 16.8 Å². The Hall–Kier alpha value is -2.27. The predicted molar refractivity (Wildman–Crippen MR) is 107 cm³/mol. The number of halogens is 3. The summed E-state index contributed by atoms with van der Waals surface area (Å²) in [6, 6.07) is 5.86. The van der Waals surface area contributed by atoms with E-state index in [4.69, 9.17) is 14.6 Å². The summed E-state index contributed by atoms with van der Waals surface area (Å²) in [5.41, 5.74) is 1.12. The first-order chi connectivity index (χ1) is 14.2. The van der Waals surface area contributed by atoms with E-state index in [1.807, 2.05) is 40.2 Å². The lowest BCUT2D eigenvalue weighted by atomic mass is 9.92. The van der Waals surface area contributed by atoms with Crippen LogP contribution in [0, 0.1) is 0 Å². The van der Waals surface area contributed by atoms with E-state index in [1.54, 1.807) is 23.7 Å². The largest absolute Gasteiger partial charge is 0.490 e. The maximum atomic E-state index is 12.3. The maximum absolute atomic E-state index is 12.3. The molecule has 2 aliphatic heterocycles. The molecule has 162 valence electrons. The molecule has 2 saturated heterocycles. The number of aliphatic carboxylic acids is 1. The van der Waals surface area contributed by atoms with Crippen LogP contribution in [0.15, 0.2) is 41.4 Å². The van der Waals surface area contributed by atoms with E-state index in [0.29, 0.717) is 6.42 Å². The molecule has 0 aliphatic carbocycles. The normalized spacial score (nSPS) is 19.6. The van der Waals surface area contributed by atoms with Crippen LogP contribution in [-0.4, -0.2) is 62.7 Å². The molecule has 11 heteroatoms. The summed E-state index contributed by atoms with van der Waals surface area (Å²) in [5, 5.41) is 11.2. The monoisotopic (exact) mass is 460 g/mol.